The van der Waals surface area contributed by atoms with Crippen molar-refractivity contribution in [2.45, 2.75) is 57.6 Å². The van der Waals surface area contributed by atoms with Gasteiger partial charge < -0.3 is 14.7 Å². The summed E-state index contributed by atoms with van der Waals surface area (Å²) in [5.74, 6) is 0.0506. The molecular formula is C19H26N2O3. The average Bonchev–Trinajstić information content (AvgIpc) is 2.48. The molecule has 130 valence electrons. The number of carboxylic acids is 1. The van der Waals surface area contributed by atoms with Crippen molar-refractivity contribution in [1.82, 2.24) is 9.88 Å². The van der Waals surface area contributed by atoms with Crippen LogP contribution in [0.15, 0.2) is 18.3 Å². The number of aryl methyl sites for hydroxylation is 1. The van der Waals surface area contributed by atoms with Crippen LogP contribution in [-0.4, -0.2) is 46.2 Å². The Morgan fingerprint density at radius 3 is 2.54 bits per heavy atom. The van der Waals surface area contributed by atoms with E-state index in [1.807, 2.05) is 25.3 Å². The standard InChI is InChI=1S/C19H26N2O3/c1-13-2-3-17(20-12-13)24-16-4-6-21(7-5-16)15-10-19(11-15)8-14(9-19)18(22)23/h2-3,12,14-16H,4-11H2,1H3,(H,22,23). The van der Waals surface area contributed by atoms with E-state index in [-0.39, 0.29) is 12.0 Å². The second kappa shape index (κ2) is 6.03. The summed E-state index contributed by atoms with van der Waals surface area (Å²) in [6, 6.07) is 4.65. The van der Waals surface area contributed by atoms with Crippen molar-refractivity contribution in [3.05, 3.63) is 23.9 Å². The van der Waals surface area contributed by atoms with Gasteiger partial charge in [0, 0.05) is 31.4 Å². The zero-order valence-electron chi connectivity index (χ0n) is 14.3. The van der Waals surface area contributed by atoms with Gasteiger partial charge in [-0.05, 0) is 56.4 Å². The maximum Gasteiger partial charge on any atom is 0.306 e. The van der Waals surface area contributed by atoms with Crippen LogP contribution in [0.3, 0.4) is 0 Å². The lowest BCUT2D eigenvalue weighted by Crippen LogP contribution is -2.59. The van der Waals surface area contributed by atoms with Crippen LogP contribution in [0.1, 0.15) is 44.1 Å². The van der Waals surface area contributed by atoms with E-state index in [2.05, 4.69) is 9.88 Å². The lowest BCUT2D eigenvalue weighted by molar-refractivity contribution is -0.160. The molecule has 2 saturated carbocycles. The highest BCUT2D eigenvalue weighted by atomic mass is 16.5. The molecule has 0 atom stereocenters. The van der Waals surface area contributed by atoms with Crippen LogP contribution in [0.25, 0.3) is 0 Å². The Morgan fingerprint density at radius 1 is 1.25 bits per heavy atom. The molecule has 1 aliphatic heterocycles. The van der Waals surface area contributed by atoms with E-state index in [9.17, 15) is 4.79 Å². The minimum atomic E-state index is -0.605. The van der Waals surface area contributed by atoms with E-state index >= 15 is 0 Å². The van der Waals surface area contributed by atoms with E-state index in [0.717, 1.165) is 50.2 Å². The Bertz CT molecular complexity index is 594. The van der Waals surface area contributed by atoms with Crippen LogP contribution in [-0.2, 0) is 4.79 Å². The first-order valence-electron chi connectivity index (χ1n) is 9.09. The third-order valence-electron chi connectivity index (χ3n) is 6.21. The SMILES string of the molecule is Cc1ccc(OC2CCN(C3CC4(CC(C(=O)O)C4)C3)CC2)nc1. The number of carboxylic acid groups (broad SMARTS) is 1. The highest BCUT2D eigenvalue weighted by molar-refractivity contribution is 5.71. The van der Waals surface area contributed by atoms with Gasteiger partial charge in [0.1, 0.15) is 6.10 Å². The molecule has 2 aliphatic carbocycles. The summed E-state index contributed by atoms with van der Waals surface area (Å²) in [6.45, 7) is 4.20. The highest BCUT2D eigenvalue weighted by Gasteiger charge is 2.56. The summed E-state index contributed by atoms with van der Waals surface area (Å²) < 4.78 is 6.00. The minimum Gasteiger partial charge on any atom is -0.481 e. The smallest absolute Gasteiger partial charge is 0.306 e. The average molecular weight is 330 g/mol. The minimum absolute atomic E-state index is 0.0768. The van der Waals surface area contributed by atoms with Gasteiger partial charge in [-0.25, -0.2) is 4.98 Å². The number of hydrogen-bond donors (Lipinski definition) is 1. The van der Waals surface area contributed by atoms with Gasteiger partial charge in [-0.15, -0.1) is 0 Å². The molecule has 24 heavy (non-hydrogen) atoms. The number of aliphatic carboxylic acids is 1. The summed E-state index contributed by atoms with van der Waals surface area (Å²) >= 11 is 0. The van der Waals surface area contributed by atoms with Crippen LogP contribution in [0.4, 0.5) is 0 Å². The van der Waals surface area contributed by atoms with Crippen LogP contribution < -0.4 is 4.74 Å². The molecular weight excluding hydrogens is 304 g/mol. The molecule has 1 aromatic heterocycles. The first kappa shape index (κ1) is 15.9. The fourth-order valence-electron chi connectivity index (χ4n) is 4.75. The van der Waals surface area contributed by atoms with Crippen LogP contribution in [0.5, 0.6) is 5.88 Å². The van der Waals surface area contributed by atoms with Gasteiger partial charge in [-0.3, -0.25) is 4.79 Å². The van der Waals surface area contributed by atoms with Gasteiger partial charge in [0.05, 0.1) is 5.92 Å². The molecule has 1 N–H and O–H groups in total. The molecule has 5 nitrogen and oxygen atoms in total. The van der Waals surface area contributed by atoms with Crippen molar-refractivity contribution in [1.29, 1.82) is 0 Å². The molecule has 5 heteroatoms. The van der Waals surface area contributed by atoms with Crippen molar-refractivity contribution in [3.63, 3.8) is 0 Å². The first-order chi connectivity index (χ1) is 11.5. The summed E-state index contributed by atoms with van der Waals surface area (Å²) in [6.07, 6.45) is 8.42. The van der Waals surface area contributed by atoms with E-state index in [0.29, 0.717) is 11.5 Å². The van der Waals surface area contributed by atoms with E-state index in [1.54, 1.807) is 0 Å². The van der Waals surface area contributed by atoms with Gasteiger partial charge in [-0.2, -0.15) is 0 Å². The number of likely N-dealkylation sites (tertiary alicyclic amines) is 1. The summed E-state index contributed by atoms with van der Waals surface area (Å²) in [4.78, 5) is 17.9. The third-order valence-corrected chi connectivity index (χ3v) is 6.21. The van der Waals surface area contributed by atoms with Crippen LogP contribution >= 0.6 is 0 Å². The Hall–Kier alpha value is -1.62. The zero-order valence-corrected chi connectivity index (χ0v) is 14.3. The molecule has 1 aromatic rings. The number of pyridine rings is 1. The van der Waals surface area contributed by atoms with E-state index in [1.165, 1.54) is 12.8 Å². The lowest BCUT2D eigenvalue weighted by atomic mass is 9.49. The van der Waals surface area contributed by atoms with Gasteiger partial charge in [0.2, 0.25) is 5.88 Å². The second-order valence-corrected chi connectivity index (χ2v) is 8.03. The predicted octanol–water partition coefficient (Wildman–Crippen LogP) is 2.88. The predicted molar refractivity (Wildman–Crippen MR) is 90.0 cm³/mol. The second-order valence-electron chi connectivity index (χ2n) is 8.03. The summed E-state index contributed by atoms with van der Waals surface area (Å²) in [5.41, 5.74) is 1.52. The molecule has 0 aromatic carbocycles. The van der Waals surface area contributed by atoms with Crippen molar-refractivity contribution >= 4 is 5.97 Å². The molecule has 0 radical (unpaired) electrons. The number of nitrogens with zero attached hydrogens (tertiary/aromatic N) is 2. The van der Waals surface area contributed by atoms with Gasteiger partial charge in [0.25, 0.3) is 0 Å². The van der Waals surface area contributed by atoms with Crippen molar-refractivity contribution in [2.24, 2.45) is 11.3 Å². The van der Waals surface area contributed by atoms with Gasteiger partial charge in [-0.1, -0.05) is 6.07 Å². The normalized spacial score (nSPS) is 33.7. The largest absolute Gasteiger partial charge is 0.481 e. The van der Waals surface area contributed by atoms with Crippen molar-refractivity contribution in [3.8, 4) is 5.88 Å². The lowest BCUT2D eigenvalue weighted by Gasteiger charge is -2.59. The number of aromatic nitrogens is 1. The molecule has 1 saturated heterocycles. The fraction of sp³-hybridized carbons (Fsp3) is 0.684. The molecule has 4 rings (SSSR count). The molecule has 2 heterocycles. The summed E-state index contributed by atoms with van der Waals surface area (Å²) in [7, 11) is 0. The zero-order chi connectivity index (χ0) is 16.7. The maximum atomic E-state index is 11.0. The van der Waals surface area contributed by atoms with Crippen molar-refractivity contribution < 1.29 is 14.6 Å². The highest BCUT2D eigenvalue weighted by Crippen LogP contribution is 2.60. The number of ether oxygens (including phenoxy) is 1. The number of carbonyl (C=O) groups is 1. The van der Waals surface area contributed by atoms with Crippen LogP contribution in [0.2, 0.25) is 0 Å². The fourth-order valence-corrected chi connectivity index (χ4v) is 4.75. The number of hydrogen-bond acceptors (Lipinski definition) is 4. The third kappa shape index (κ3) is 3.02. The Balaban J connectivity index is 1.20. The van der Waals surface area contributed by atoms with E-state index in [4.69, 9.17) is 9.84 Å². The number of rotatable bonds is 4. The van der Waals surface area contributed by atoms with Gasteiger partial charge in [0.15, 0.2) is 0 Å². The Labute approximate surface area is 143 Å². The molecule has 3 aliphatic rings. The molecule has 1 spiro atoms. The quantitative estimate of drug-likeness (QED) is 0.920. The Morgan fingerprint density at radius 2 is 1.96 bits per heavy atom. The van der Waals surface area contributed by atoms with Crippen molar-refractivity contribution in [2.75, 3.05) is 13.1 Å². The first-order valence-corrected chi connectivity index (χ1v) is 9.09. The van der Waals surface area contributed by atoms with Gasteiger partial charge >= 0.3 is 5.97 Å². The topological polar surface area (TPSA) is 62.7 Å². The van der Waals surface area contributed by atoms with E-state index < -0.39 is 5.97 Å². The Kier molecular flexibility index (Phi) is 3.99. The monoisotopic (exact) mass is 330 g/mol. The molecule has 0 amide bonds. The molecule has 0 unspecified atom stereocenters. The maximum absolute atomic E-state index is 11.0. The molecule has 3 fully saturated rings. The summed E-state index contributed by atoms with van der Waals surface area (Å²) in [5, 5.41) is 9.04. The number of piperidine rings is 1. The van der Waals surface area contributed by atoms with Crippen LogP contribution in [0, 0.1) is 18.3 Å². The molecule has 0 bridgehead atoms.